The number of benzene rings is 1. The van der Waals surface area contributed by atoms with Gasteiger partial charge >= 0.3 is 0 Å². The van der Waals surface area contributed by atoms with Crippen LogP contribution in [0.15, 0.2) is 24.3 Å². The van der Waals surface area contributed by atoms with Gasteiger partial charge in [-0.25, -0.2) is 4.68 Å². The molecule has 25 heavy (non-hydrogen) atoms. The minimum Gasteiger partial charge on any atom is -0.337 e. The Morgan fingerprint density at radius 1 is 1.32 bits per heavy atom. The molecule has 2 heterocycles. The smallest absolute Gasteiger partial charge is 0.227 e. The molecule has 0 unspecified atom stereocenters. The van der Waals surface area contributed by atoms with Gasteiger partial charge in [-0.3, -0.25) is 4.79 Å². The monoisotopic (exact) mass is 382 g/mol. The van der Waals surface area contributed by atoms with Gasteiger partial charge in [-0.1, -0.05) is 11.6 Å². The average molecular weight is 383 g/mol. The van der Waals surface area contributed by atoms with E-state index in [-0.39, 0.29) is 24.4 Å². The zero-order valence-electron chi connectivity index (χ0n) is 14.8. The molecule has 0 bridgehead atoms. The molecule has 3 rings (SSSR count). The van der Waals surface area contributed by atoms with Crippen LogP contribution < -0.4 is 5.32 Å². The van der Waals surface area contributed by atoms with Crippen LogP contribution in [-0.2, 0) is 11.2 Å². The van der Waals surface area contributed by atoms with Crippen molar-refractivity contribution in [3.8, 4) is 5.69 Å². The predicted octanol–water partition coefficient (Wildman–Crippen LogP) is 2.93. The van der Waals surface area contributed by atoms with Gasteiger partial charge in [-0.05, 0) is 45.0 Å². The summed E-state index contributed by atoms with van der Waals surface area (Å²) < 4.78 is 1.88. The fourth-order valence-corrected chi connectivity index (χ4v) is 3.35. The highest BCUT2D eigenvalue weighted by atomic mass is 35.5. The number of amides is 1. The molecule has 1 aliphatic heterocycles. The summed E-state index contributed by atoms with van der Waals surface area (Å²) in [7, 11) is 0. The molecule has 0 spiro atoms. The van der Waals surface area contributed by atoms with Gasteiger partial charge in [0.25, 0.3) is 0 Å². The van der Waals surface area contributed by atoms with Crippen LogP contribution in [-0.4, -0.2) is 46.3 Å². The molecule has 1 amide bonds. The van der Waals surface area contributed by atoms with Crippen molar-refractivity contribution in [2.75, 3.05) is 19.6 Å². The molecule has 1 atom stereocenters. The summed E-state index contributed by atoms with van der Waals surface area (Å²) in [6, 6.07) is 7.80. The number of aryl methyl sites for hydroxylation is 1. The molecule has 1 aromatic heterocycles. The Morgan fingerprint density at radius 2 is 2.00 bits per heavy atom. The van der Waals surface area contributed by atoms with E-state index >= 15 is 0 Å². The molecular formula is C18H24Cl2N4O. The second-order valence-corrected chi connectivity index (χ2v) is 6.79. The summed E-state index contributed by atoms with van der Waals surface area (Å²) in [5.74, 6) is 0.172. The number of carbonyl (C=O) groups excluding carboxylic acids is 1. The molecule has 5 nitrogen and oxygen atoms in total. The van der Waals surface area contributed by atoms with Crippen molar-refractivity contribution >= 4 is 29.9 Å². The van der Waals surface area contributed by atoms with E-state index in [4.69, 9.17) is 11.6 Å². The molecule has 2 aromatic rings. The van der Waals surface area contributed by atoms with Crippen molar-refractivity contribution in [2.24, 2.45) is 0 Å². The normalized spacial score (nSPS) is 17.3. The van der Waals surface area contributed by atoms with Gasteiger partial charge in [0.05, 0.1) is 17.8 Å². The summed E-state index contributed by atoms with van der Waals surface area (Å²) >= 11 is 5.96. The van der Waals surface area contributed by atoms with Crippen LogP contribution in [0.5, 0.6) is 0 Å². The first-order valence-electron chi connectivity index (χ1n) is 8.28. The largest absolute Gasteiger partial charge is 0.337 e. The Balaban J connectivity index is 0.00000225. The van der Waals surface area contributed by atoms with Crippen LogP contribution in [0.25, 0.3) is 5.69 Å². The van der Waals surface area contributed by atoms with Gasteiger partial charge < -0.3 is 10.2 Å². The zero-order chi connectivity index (χ0) is 17.3. The Morgan fingerprint density at radius 3 is 2.64 bits per heavy atom. The second-order valence-electron chi connectivity index (χ2n) is 6.35. The van der Waals surface area contributed by atoms with Gasteiger partial charge in [-0.2, -0.15) is 5.10 Å². The Hall–Kier alpha value is -1.56. The highest BCUT2D eigenvalue weighted by molar-refractivity contribution is 6.30. The number of piperazine rings is 1. The third-order valence-electron chi connectivity index (χ3n) is 4.66. The lowest BCUT2D eigenvalue weighted by Crippen LogP contribution is -2.52. The number of aromatic nitrogens is 2. The molecule has 0 aliphatic carbocycles. The van der Waals surface area contributed by atoms with Crippen molar-refractivity contribution in [3.63, 3.8) is 0 Å². The highest BCUT2D eigenvalue weighted by Crippen LogP contribution is 2.21. The number of nitrogens with one attached hydrogen (secondary N) is 1. The number of carbonyl (C=O) groups is 1. The van der Waals surface area contributed by atoms with E-state index in [0.29, 0.717) is 11.4 Å². The van der Waals surface area contributed by atoms with Crippen molar-refractivity contribution in [2.45, 2.75) is 33.2 Å². The molecule has 1 fully saturated rings. The fourth-order valence-electron chi connectivity index (χ4n) is 3.23. The molecule has 1 N–H and O–H groups in total. The van der Waals surface area contributed by atoms with E-state index in [1.807, 2.05) is 47.7 Å². The van der Waals surface area contributed by atoms with Gasteiger partial charge in [0, 0.05) is 42.0 Å². The van der Waals surface area contributed by atoms with Crippen molar-refractivity contribution in [1.29, 1.82) is 0 Å². The zero-order valence-corrected chi connectivity index (χ0v) is 16.3. The van der Waals surface area contributed by atoms with Crippen LogP contribution in [0.1, 0.15) is 23.9 Å². The first-order chi connectivity index (χ1) is 11.5. The van der Waals surface area contributed by atoms with Crippen LogP contribution >= 0.6 is 24.0 Å². The van der Waals surface area contributed by atoms with E-state index in [1.54, 1.807) is 0 Å². The third-order valence-corrected chi connectivity index (χ3v) is 4.91. The van der Waals surface area contributed by atoms with Crippen molar-refractivity contribution in [1.82, 2.24) is 20.0 Å². The van der Waals surface area contributed by atoms with Crippen molar-refractivity contribution < 1.29 is 4.79 Å². The van der Waals surface area contributed by atoms with Crippen molar-refractivity contribution in [3.05, 3.63) is 46.2 Å². The third kappa shape index (κ3) is 4.17. The van der Waals surface area contributed by atoms with Crippen LogP contribution in [0.4, 0.5) is 0 Å². The minimum atomic E-state index is 0. The topological polar surface area (TPSA) is 50.2 Å². The number of halogens is 2. The molecule has 1 aliphatic rings. The van der Waals surface area contributed by atoms with E-state index in [9.17, 15) is 4.79 Å². The highest BCUT2D eigenvalue weighted by Gasteiger charge is 2.25. The maximum Gasteiger partial charge on any atom is 0.227 e. The van der Waals surface area contributed by atoms with E-state index in [1.165, 1.54) is 0 Å². The molecular weight excluding hydrogens is 359 g/mol. The number of rotatable bonds is 3. The molecule has 7 heteroatoms. The summed E-state index contributed by atoms with van der Waals surface area (Å²) in [5, 5.41) is 8.63. The average Bonchev–Trinajstić information content (AvgIpc) is 2.84. The summed E-state index contributed by atoms with van der Waals surface area (Å²) in [4.78, 5) is 14.7. The SMILES string of the molecule is Cc1nn(-c2ccc(Cl)cc2)c(C)c1CC(=O)N1CCNC[C@H]1C.Cl. The lowest BCUT2D eigenvalue weighted by Gasteiger charge is -2.34. The van der Waals surface area contributed by atoms with Crippen LogP contribution in [0.2, 0.25) is 5.02 Å². The lowest BCUT2D eigenvalue weighted by molar-refractivity contribution is -0.133. The molecule has 1 aromatic carbocycles. The summed E-state index contributed by atoms with van der Waals surface area (Å²) in [6.07, 6.45) is 0.398. The molecule has 0 radical (unpaired) electrons. The maximum absolute atomic E-state index is 12.7. The number of hydrogen-bond donors (Lipinski definition) is 1. The first kappa shape index (κ1) is 19.8. The maximum atomic E-state index is 12.7. The standard InChI is InChI=1S/C18H23ClN4O.ClH/c1-12-11-20-8-9-22(12)18(24)10-17-13(2)21-23(14(17)3)16-6-4-15(19)5-7-16;/h4-7,12,20H,8-11H2,1-3H3;1H/t12-;/m1./s1. The quantitative estimate of drug-likeness (QED) is 0.887. The predicted molar refractivity (Wildman–Crippen MR) is 103 cm³/mol. The molecule has 1 saturated heterocycles. The summed E-state index contributed by atoms with van der Waals surface area (Å²) in [5.41, 5.74) is 3.87. The lowest BCUT2D eigenvalue weighted by atomic mass is 10.1. The number of hydrogen-bond acceptors (Lipinski definition) is 3. The summed E-state index contributed by atoms with van der Waals surface area (Å²) in [6.45, 7) is 8.54. The van der Waals surface area contributed by atoms with E-state index in [2.05, 4.69) is 17.3 Å². The van der Waals surface area contributed by atoms with Crippen LogP contribution in [0.3, 0.4) is 0 Å². The number of nitrogens with zero attached hydrogens (tertiary/aromatic N) is 3. The Kier molecular flexibility index (Phi) is 6.49. The van der Waals surface area contributed by atoms with E-state index < -0.39 is 0 Å². The van der Waals surface area contributed by atoms with E-state index in [0.717, 1.165) is 42.3 Å². The first-order valence-corrected chi connectivity index (χ1v) is 8.66. The minimum absolute atomic E-state index is 0. The van der Waals surface area contributed by atoms with Crippen LogP contribution in [0, 0.1) is 13.8 Å². The Bertz CT molecular complexity index is 742. The van der Waals surface area contributed by atoms with Gasteiger partial charge in [0.2, 0.25) is 5.91 Å². The second kappa shape index (κ2) is 8.21. The van der Waals surface area contributed by atoms with Gasteiger partial charge in [0.1, 0.15) is 0 Å². The fraction of sp³-hybridized carbons (Fsp3) is 0.444. The van der Waals surface area contributed by atoms with Gasteiger partial charge in [-0.15, -0.1) is 12.4 Å². The molecule has 136 valence electrons. The molecule has 0 saturated carbocycles. The van der Waals surface area contributed by atoms with Gasteiger partial charge in [0.15, 0.2) is 0 Å². The Labute approximate surface area is 159 Å².